The summed E-state index contributed by atoms with van der Waals surface area (Å²) in [6, 6.07) is 5.97. The van der Waals surface area contributed by atoms with E-state index in [9.17, 15) is 4.79 Å². The van der Waals surface area contributed by atoms with Crippen LogP contribution in [0.15, 0.2) is 22.8 Å². The average Bonchev–Trinajstić information content (AvgIpc) is 3.27. The molecule has 0 saturated carbocycles. The zero-order chi connectivity index (χ0) is 18.8. The summed E-state index contributed by atoms with van der Waals surface area (Å²) in [6.07, 6.45) is 2.26. The lowest BCUT2D eigenvalue weighted by Gasteiger charge is -2.32. The van der Waals surface area contributed by atoms with Gasteiger partial charge in [-0.2, -0.15) is 0 Å². The second-order valence-corrected chi connectivity index (χ2v) is 8.35. The second kappa shape index (κ2) is 7.74. The Morgan fingerprint density at radius 2 is 2.26 bits per heavy atom. The third-order valence-electron chi connectivity index (χ3n) is 5.03. The summed E-state index contributed by atoms with van der Waals surface area (Å²) in [6.45, 7) is 7.35. The van der Waals surface area contributed by atoms with Crippen LogP contribution in [-0.4, -0.2) is 45.7 Å². The largest absolute Gasteiger partial charge is 0.351 e. The van der Waals surface area contributed by atoms with Crippen molar-refractivity contribution >= 4 is 28.3 Å². The predicted molar refractivity (Wildman–Crippen MR) is 104 cm³/mol. The highest BCUT2D eigenvalue weighted by atomic mass is 32.1. The molecule has 2 aromatic heterocycles. The van der Waals surface area contributed by atoms with Crippen LogP contribution < -0.4 is 5.32 Å². The molecule has 0 spiro atoms. The molecule has 142 valence electrons. The number of piperidine rings is 1. The number of rotatable bonds is 5. The molecule has 27 heavy (non-hydrogen) atoms. The lowest BCUT2D eigenvalue weighted by atomic mass is 9.97. The van der Waals surface area contributed by atoms with Gasteiger partial charge in [0.2, 0.25) is 0 Å². The van der Waals surface area contributed by atoms with E-state index >= 15 is 0 Å². The summed E-state index contributed by atoms with van der Waals surface area (Å²) in [5, 5.41) is 12.0. The molecule has 1 aliphatic rings. The molecular formula is C19H23N5O2S. The Morgan fingerprint density at radius 1 is 1.37 bits per heavy atom. The van der Waals surface area contributed by atoms with Gasteiger partial charge in [0, 0.05) is 19.6 Å². The quantitative estimate of drug-likeness (QED) is 0.727. The summed E-state index contributed by atoms with van der Waals surface area (Å²) in [5.41, 5.74) is 3.58. The minimum Gasteiger partial charge on any atom is -0.351 e. The molecule has 1 saturated heterocycles. The zero-order valence-corrected chi connectivity index (χ0v) is 16.4. The van der Waals surface area contributed by atoms with E-state index in [2.05, 4.69) is 31.6 Å². The first-order valence-corrected chi connectivity index (χ1v) is 10.1. The first-order valence-electron chi connectivity index (χ1n) is 9.25. The minimum atomic E-state index is -0.00587. The van der Waals surface area contributed by atoms with Gasteiger partial charge in [-0.25, -0.2) is 9.61 Å². The maximum absolute atomic E-state index is 12.4. The smallest absolute Gasteiger partial charge is 0.263 e. The highest BCUT2D eigenvalue weighted by molar-refractivity contribution is 7.13. The number of carbonyl (C=O) groups excluding carboxylic acids is 1. The van der Waals surface area contributed by atoms with E-state index in [-0.39, 0.29) is 5.91 Å². The molecule has 0 bridgehead atoms. The average molecular weight is 385 g/mol. The third-order valence-corrected chi connectivity index (χ3v) is 6.10. The maximum atomic E-state index is 12.4. The summed E-state index contributed by atoms with van der Waals surface area (Å²) in [4.78, 5) is 19.9. The van der Waals surface area contributed by atoms with Crippen molar-refractivity contribution in [1.29, 1.82) is 0 Å². The van der Waals surface area contributed by atoms with E-state index in [0.29, 0.717) is 12.5 Å². The van der Waals surface area contributed by atoms with Gasteiger partial charge < -0.3 is 5.32 Å². The predicted octanol–water partition coefficient (Wildman–Crippen LogP) is 2.94. The van der Waals surface area contributed by atoms with Crippen LogP contribution >= 0.6 is 11.3 Å². The number of nitrogens with one attached hydrogen (secondary N) is 1. The van der Waals surface area contributed by atoms with Crippen LogP contribution in [0.4, 0.5) is 0 Å². The summed E-state index contributed by atoms with van der Waals surface area (Å²) in [5.74, 6) is 0.445. The molecule has 8 heteroatoms. The molecule has 1 unspecified atom stereocenters. The molecule has 1 aliphatic heterocycles. The normalized spacial score (nSPS) is 18.1. The van der Waals surface area contributed by atoms with Gasteiger partial charge in [0.05, 0.1) is 10.7 Å². The number of hydrogen-bond acceptors (Lipinski definition) is 7. The van der Waals surface area contributed by atoms with Crippen LogP contribution in [0.5, 0.6) is 0 Å². The van der Waals surface area contributed by atoms with Gasteiger partial charge in [-0.05, 0) is 61.1 Å². The molecule has 1 amide bonds. The topological polar surface area (TPSA) is 84.2 Å². The fourth-order valence-electron chi connectivity index (χ4n) is 3.75. The molecule has 3 aromatic rings. The molecule has 1 fully saturated rings. The fourth-order valence-corrected chi connectivity index (χ4v) is 4.59. The number of benzene rings is 1. The van der Waals surface area contributed by atoms with Crippen molar-refractivity contribution in [2.75, 3.05) is 19.6 Å². The lowest BCUT2D eigenvalue weighted by Crippen LogP contribution is -2.40. The van der Waals surface area contributed by atoms with Crippen molar-refractivity contribution in [3.8, 4) is 0 Å². The zero-order valence-electron chi connectivity index (χ0n) is 15.6. The van der Waals surface area contributed by atoms with Crippen molar-refractivity contribution in [2.24, 2.45) is 5.92 Å². The fraction of sp³-hybridized carbons (Fsp3) is 0.474. The lowest BCUT2D eigenvalue weighted by molar-refractivity contribution is 0.0934. The summed E-state index contributed by atoms with van der Waals surface area (Å²) in [7, 11) is 0. The molecule has 0 aliphatic carbocycles. The van der Waals surface area contributed by atoms with Crippen LogP contribution in [0.2, 0.25) is 0 Å². The van der Waals surface area contributed by atoms with Gasteiger partial charge >= 0.3 is 0 Å². The molecule has 0 radical (unpaired) electrons. The van der Waals surface area contributed by atoms with E-state index in [4.69, 9.17) is 4.63 Å². The number of aromatic nitrogens is 3. The van der Waals surface area contributed by atoms with Gasteiger partial charge in [-0.1, -0.05) is 12.1 Å². The monoisotopic (exact) mass is 385 g/mol. The molecule has 4 rings (SSSR count). The Kier molecular flexibility index (Phi) is 5.18. The molecule has 3 heterocycles. The van der Waals surface area contributed by atoms with Crippen LogP contribution in [0.1, 0.15) is 38.8 Å². The SMILES string of the molecule is Cc1nc(C)c(C(=O)NCC2CCCN(Cc3cccc4nonc34)C2)s1. The standard InChI is InChI=1S/C19H23N5O2S/c1-12-18(27-13(2)21-12)19(25)20-9-14-5-4-8-24(10-14)11-15-6-3-7-16-17(15)23-26-22-16/h3,6-7,14H,4-5,8-11H2,1-2H3,(H,20,25). The number of amides is 1. The highest BCUT2D eigenvalue weighted by Gasteiger charge is 2.22. The van der Waals surface area contributed by atoms with Crippen LogP contribution in [0.25, 0.3) is 11.0 Å². The Morgan fingerprint density at radius 3 is 3.07 bits per heavy atom. The van der Waals surface area contributed by atoms with Crippen LogP contribution in [-0.2, 0) is 6.54 Å². The van der Waals surface area contributed by atoms with Gasteiger partial charge in [-0.15, -0.1) is 11.3 Å². The van der Waals surface area contributed by atoms with E-state index in [1.54, 1.807) is 0 Å². The number of nitrogens with zero attached hydrogens (tertiary/aromatic N) is 4. The first kappa shape index (κ1) is 18.1. The molecule has 1 atom stereocenters. The van der Waals surface area contributed by atoms with E-state index in [1.807, 2.05) is 26.0 Å². The van der Waals surface area contributed by atoms with Crippen LogP contribution in [0.3, 0.4) is 0 Å². The van der Waals surface area contributed by atoms with Gasteiger partial charge in [0.25, 0.3) is 5.91 Å². The van der Waals surface area contributed by atoms with Crippen LogP contribution in [0, 0.1) is 19.8 Å². The Hall–Kier alpha value is -2.32. The van der Waals surface area contributed by atoms with Crippen molar-refractivity contribution < 1.29 is 9.42 Å². The highest BCUT2D eigenvalue weighted by Crippen LogP contribution is 2.22. The number of fused-ring (bicyclic) bond motifs is 1. The number of carbonyl (C=O) groups is 1. The summed E-state index contributed by atoms with van der Waals surface area (Å²) >= 11 is 1.46. The molecular weight excluding hydrogens is 362 g/mol. The number of hydrogen-bond donors (Lipinski definition) is 1. The number of thiazole rings is 1. The van der Waals surface area contributed by atoms with E-state index in [0.717, 1.165) is 64.7 Å². The Labute approximate surface area is 161 Å². The molecule has 1 N–H and O–H groups in total. The first-order chi connectivity index (χ1) is 13.1. The third kappa shape index (κ3) is 4.01. The molecule has 7 nitrogen and oxygen atoms in total. The van der Waals surface area contributed by atoms with E-state index < -0.39 is 0 Å². The van der Waals surface area contributed by atoms with Crippen molar-refractivity contribution in [3.63, 3.8) is 0 Å². The second-order valence-electron chi connectivity index (χ2n) is 7.15. The number of aryl methyl sites for hydroxylation is 2. The van der Waals surface area contributed by atoms with E-state index in [1.165, 1.54) is 11.3 Å². The summed E-state index contributed by atoms with van der Waals surface area (Å²) < 4.78 is 4.86. The molecule has 1 aromatic carbocycles. The van der Waals surface area contributed by atoms with Gasteiger partial charge in [0.15, 0.2) is 0 Å². The Bertz CT molecular complexity index is 951. The van der Waals surface area contributed by atoms with Crippen molar-refractivity contribution in [3.05, 3.63) is 39.3 Å². The van der Waals surface area contributed by atoms with Gasteiger partial charge in [0.1, 0.15) is 15.9 Å². The van der Waals surface area contributed by atoms with Gasteiger partial charge in [-0.3, -0.25) is 9.69 Å². The van der Waals surface area contributed by atoms with Crippen molar-refractivity contribution in [2.45, 2.75) is 33.2 Å². The minimum absolute atomic E-state index is 0.00587. The maximum Gasteiger partial charge on any atom is 0.263 e. The Balaban J connectivity index is 1.35. The number of likely N-dealkylation sites (tertiary alicyclic amines) is 1. The van der Waals surface area contributed by atoms with Crippen molar-refractivity contribution in [1.82, 2.24) is 25.5 Å².